The van der Waals surface area contributed by atoms with Crippen LogP contribution in [0, 0.1) is 13.8 Å². The number of ether oxygens (including phenoxy) is 1. The van der Waals surface area contributed by atoms with E-state index in [0.29, 0.717) is 42.4 Å². The second-order valence-corrected chi connectivity index (χ2v) is 7.37. The number of carbonyl (C=O) groups is 1. The van der Waals surface area contributed by atoms with Crippen molar-refractivity contribution >= 4 is 23.1 Å². The first kappa shape index (κ1) is 19.1. The van der Waals surface area contributed by atoms with Crippen molar-refractivity contribution in [1.82, 2.24) is 34.5 Å². The normalized spacial score (nSPS) is 11.1. The van der Waals surface area contributed by atoms with E-state index in [2.05, 4.69) is 30.0 Å². The molecule has 0 unspecified atom stereocenters. The van der Waals surface area contributed by atoms with Gasteiger partial charge in [0.05, 0.1) is 24.9 Å². The highest BCUT2D eigenvalue weighted by molar-refractivity contribution is 7.13. The maximum Gasteiger partial charge on any atom is 0.311 e. The first-order chi connectivity index (χ1) is 14.1. The zero-order valence-electron chi connectivity index (χ0n) is 16.1. The summed E-state index contributed by atoms with van der Waals surface area (Å²) in [5, 5.41) is 7.02. The van der Waals surface area contributed by atoms with Crippen LogP contribution in [0.5, 0.6) is 0 Å². The Morgan fingerprint density at radius 2 is 2.10 bits per heavy atom. The minimum Gasteiger partial charge on any atom is -0.465 e. The number of nitrogens with zero attached hydrogens (tertiary/aromatic N) is 7. The van der Waals surface area contributed by atoms with Crippen LogP contribution in [-0.4, -0.2) is 47.1 Å². The Morgan fingerprint density at radius 1 is 1.21 bits per heavy atom. The van der Waals surface area contributed by atoms with E-state index in [-0.39, 0.29) is 12.4 Å². The summed E-state index contributed by atoms with van der Waals surface area (Å²) in [6.45, 7) is 4.20. The van der Waals surface area contributed by atoms with Gasteiger partial charge in [0, 0.05) is 35.6 Å². The lowest BCUT2D eigenvalue weighted by Crippen LogP contribution is -2.10. The summed E-state index contributed by atoms with van der Waals surface area (Å²) in [5.74, 6) is 0.976. The lowest BCUT2D eigenvalue weighted by Gasteiger charge is -2.02. The maximum atomic E-state index is 12.1. The molecule has 9 nitrogen and oxygen atoms in total. The second kappa shape index (κ2) is 8.39. The summed E-state index contributed by atoms with van der Waals surface area (Å²) in [7, 11) is 0. The van der Waals surface area contributed by atoms with Gasteiger partial charge in [-0.05, 0) is 26.3 Å². The fourth-order valence-corrected chi connectivity index (χ4v) is 3.62. The summed E-state index contributed by atoms with van der Waals surface area (Å²) in [5.41, 5.74) is 3.26. The second-order valence-electron chi connectivity index (χ2n) is 6.51. The van der Waals surface area contributed by atoms with Crippen molar-refractivity contribution < 1.29 is 9.53 Å². The van der Waals surface area contributed by atoms with Crippen LogP contribution in [-0.2, 0) is 22.4 Å². The number of aromatic nitrogens is 7. The van der Waals surface area contributed by atoms with Gasteiger partial charge in [-0.3, -0.25) is 14.8 Å². The Hall–Kier alpha value is -3.27. The highest BCUT2D eigenvalue weighted by Gasteiger charge is 2.12. The van der Waals surface area contributed by atoms with Crippen LogP contribution in [0.4, 0.5) is 0 Å². The molecule has 4 heterocycles. The predicted molar refractivity (Wildman–Crippen MR) is 106 cm³/mol. The van der Waals surface area contributed by atoms with Gasteiger partial charge in [-0.15, -0.1) is 16.4 Å². The van der Waals surface area contributed by atoms with Crippen molar-refractivity contribution in [3.8, 4) is 10.7 Å². The van der Waals surface area contributed by atoms with E-state index in [1.807, 2.05) is 25.3 Å². The van der Waals surface area contributed by atoms with Crippen molar-refractivity contribution in [2.45, 2.75) is 33.1 Å². The summed E-state index contributed by atoms with van der Waals surface area (Å²) in [6, 6.07) is 1.96. The van der Waals surface area contributed by atoms with Crippen LogP contribution < -0.4 is 0 Å². The molecule has 0 fully saturated rings. The van der Waals surface area contributed by atoms with Gasteiger partial charge in [0.2, 0.25) is 0 Å². The first-order valence-corrected chi connectivity index (χ1v) is 10.0. The number of hydrogen-bond donors (Lipinski definition) is 0. The van der Waals surface area contributed by atoms with Crippen molar-refractivity contribution in [2.75, 3.05) is 6.61 Å². The van der Waals surface area contributed by atoms with Crippen molar-refractivity contribution in [2.24, 2.45) is 0 Å². The molecule has 0 amide bonds. The van der Waals surface area contributed by atoms with Gasteiger partial charge >= 0.3 is 5.97 Å². The molecule has 0 radical (unpaired) electrons. The Labute approximate surface area is 170 Å². The molecule has 0 atom stereocenters. The smallest absolute Gasteiger partial charge is 0.311 e. The molecule has 29 heavy (non-hydrogen) atoms. The van der Waals surface area contributed by atoms with Gasteiger partial charge in [-0.2, -0.15) is 4.98 Å². The van der Waals surface area contributed by atoms with Crippen LogP contribution in [0.1, 0.15) is 29.3 Å². The lowest BCUT2D eigenvalue weighted by molar-refractivity contribution is -0.142. The molecule has 148 valence electrons. The molecule has 0 aromatic carbocycles. The van der Waals surface area contributed by atoms with Gasteiger partial charge in [0.1, 0.15) is 10.7 Å². The molecule has 0 N–H and O–H groups in total. The monoisotopic (exact) mass is 409 g/mol. The number of rotatable bonds is 7. The molecule has 10 heteroatoms. The van der Waals surface area contributed by atoms with Gasteiger partial charge in [0.25, 0.3) is 5.78 Å². The van der Waals surface area contributed by atoms with Crippen molar-refractivity contribution in [3.05, 3.63) is 52.9 Å². The summed E-state index contributed by atoms with van der Waals surface area (Å²) in [6.07, 6.45) is 6.25. The summed E-state index contributed by atoms with van der Waals surface area (Å²) >= 11 is 1.43. The van der Waals surface area contributed by atoms with E-state index in [9.17, 15) is 4.79 Å². The molecule has 0 bridgehead atoms. The standard InChI is InChI=1S/C19H19N7O2S/c1-12-8-13(2)26-19(22-12)24-16(25-26)4-3-7-28-17(27)9-14-11-29-18(23-14)15-10-20-5-6-21-15/h5-6,8,10-11H,3-4,7,9H2,1-2H3. The van der Waals surface area contributed by atoms with Gasteiger partial charge < -0.3 is 4.74 Å². The predicted octanol–water partition coefficient (Wildman–Crippen LogP) is 2.37. The van der Waals surface area contributed by atoms with Crippen LogP contribution in [0.25, 0.3) is 16.5 Å². The molecule has 0 aliphatic rings. The number of fused-ring (bicyclic) bond motifs is 1. The van der Waals surface area contributed by atoms with E-state index in [1.54, 1.807) is 23.1 Å². The molecule has 4 aromatic rings. The molecular formula is C19H19N7O2S. The average molecular weight is 409 g/mol. The third-order valence-electron chi connectivity index (χ3n) is 4.13. The van der Waals surface area contributed by atoms with E-state index in [1.165, 1.54) is 11.3 Å². The maximum absolute atomic E-state index is 12.1. The molecule has 0 spiro atoms. The zero-order chi connectivity index (χ0) is 20.2. The number of thiazole rings is 1. The first-order valence-electron chi connectivity index (χ1n) is 9.15. The topological polar surface area (TPSA) is 108 Å². The fourth-order valence-electron chi connectivity index (χ4n) is 2.84. The number of carbonyl (C=O) groups excluding carboxylic acids is 1. The Kier molecular flexibility index (Phi) is 5.52. The van der Waals surface area contributed by atoms with E-state index >= 15 is 0 Å². The molecule has 4 aromatic heterocycles. The Morgan fingerprint density at radius 3 is 2.93 bits per heavy atom. The van der Waals surface area contributed by atoms with E-state index in [0.717, 1.165) is 16.4 Å². The third-order valence-corrected chi connectivity index (χ3v) is 5.04. The minimum absolute atomic E-state index is 0.131. The highest BCUT2D eigenvalue weighted by Crippen LogP contribution is 2.21. The highest BCUT2D eigenvalue weighted by atomic mass is 32.1. The van der Waals surface area contributed by atoms with Crippen LogP contribution >= 0.6 is 11.3 Å². The Bertz CT molecular complexity index is 1140. The number of aryl methyl sites for hydroxylation is 3. The van der Waals surface area contributed by atoms with Gasteiger partial charge in [-0.1, -0.05) is 0 Å². The Balaban J connectivity index is 1.25. The summed E-state index contributed by atoms with van der Waals surface area (Å²) < 4.78 is 7.05. The SMILES string of the molecule is Cc1cc(C)n2nc(CCCOC(=O)Cc3csc(-c4cnccn4)n3)nc2n1. The molecule has 0 aliphatic carbocycles. The zero-order valence-corrected chi connectivity index (χ0v) is 16.9. The van der Waals surface area contributed by atoms with E-state index in [4.69, 9.17) is 4.74 Å². The number of esters is 1. The molecule has 0 aliphatic heterocycles. The van der Waals surface area contributed by atoms with Crippen LogP contribution in [0.3, 0.4) is 0 Å². The van der Waals surface area contributed by atoms with Crippen LogP contribution in [0.2, 0.25) is 0 Å². The van der Waals surface area contributed by atoms with Crippen molar-refractivity contribution in [1.29, 1.82) is 0 Å². The van der Waals surface area contributed by atoms with Crippen molar-refractivity contribution in [3.63, 3.8) is 0 Å². The van der Waals surface area contributed by atoms with E-state index < -0.39 is 0 Å². The molecule has 0 saturated carbocycles. The molecular weight excluding hydrogens is 390 g/mol. The largest absolute Gasteiger partial charge is 0.465 e. The molecule has 4 rings (SSSR count). The van der Waals surface area contributed by atoms with Gasteiger partial charge in [0.15, 0.2) is 5.82 Å². The fraction of sp³-hybridized carbons (Fsp3) is 0.316. The number of hydrogen-bond acceptors (Lipinski definition) is 9. The quantitative estimate of drug-likeness (QED) is 0.338. The van der Waals surface area contributed by atoms with Gasteiger partial charge in [-0.25, -0.2) is 14.5 Å². The van der Waals surface area contributed by atoms with Crippen LogP contribution in [0.15, 0.2) is 30.0 Å². The third kappa shape index (κ3) is 4.60. The average Bonchev–Trinajstić information content (AvgIpc) is 3.33. The minimum atomic E-state index is -0.308. The lowest BCUT2D eigenvalue weighted by atomic mass is 10.3. The summed E-state index contributed by atoms with van der Waals surface area (Å²) in [4.78, 5) is 33.5. The molecule has 0 saturated heterocycles.